The van der Waals surface area contributed by atoms with E-state index >= 15 is 0 Å². The summed E-state index contributed by atoms with van der Waals surface area (Å²) in [6.45, 7) is 0.706. The maximum absolute atomic E-state index is 13.5. The molecule has 33 heavy (non-hydrogen) atoms. The Bertz CT molecular complexity index is 1020. The Labute approximate surface area is 193 Å². The Hall–Kier alpha value is -3.46. The molecule has 1 N–H and O–H groups in total. The molecule has 2 atom stereocenters. The van der Waals surface area contributed by atoms with Crippen molar-refractivity contribution in [2.45, 2.75) is 12.0 Å². The van der Waals surface area contributed by atoms with Crippen molar-refractivity contribution in [1.29, 1.82) is 0 Å². The maximum Gasteiger partial charge on any atom is 0.254 e. The molecule has 0 bridgehead atoms. The highest BCUT2D eigenvalue weighted by atomic mass is 16.5. The summed E-state index contributed by atoms with van der Waals surface area (Å²) in [4.78, 5) is 28.4. The number of nitrogens with one attached hydrogen (secondary N) is 1. The van der Waals surface area contributed by atoms with Crippen LogP contribution in [0.4, 0.5) is 0 Å². The number of ether oxygens (including phenoxy) is 5. The number of carbonyl (C=O) groups excluding carboxylic acids is 2. The van der Waals surface area contributed by atoms with E-state index in [2.05, 4.69) is 5.32 Å². The smallest absolute Gasteiger partial charge is 0.254 e. The Balaban J connectivity index is 2.19. The van der Waals surface area contributed by atoms with Gasteiger partial charge in [0, 0.05) is 26.3 Å². The molecule has 9 heteroatoms. The summed E-state index contributed by atoms with van der Waals surface area (Å²) >= 11 is 0. The number of benzene rings is 2. The number of likely N-dealkylation sites (N-methyl/N-ethyl adjacent to an activating group) is 1. The lowest BCUT2D eigenvalue weighted by Gasteiger charge is -2.40. The summed E-state index contributed by atoms with van der Waals surface area (Å²) in [6, 6.07) is 8.10. The first-order valence-electron chi connectivity index (χ1n) is 10.4. The van der Waals surface area contributed by atoms with Crippen LogP contribution in [0.25, 0.3) is 0 Å². The van der Waals surface area contributed by atoms with Crippen molar-refractivity contribution >= 4 is 11.8 Å². The van der Waals surface area contributed by atoms with E-state index in [4.69, 9.17) is 23.7 Å². The molecule has 178 valence electrons. The molecule has 2 aromatic carbocycles. The zero-order valence-electron chi connectivity index (χ0n) is 19.8. The molecule has 0 saturated carbocycles. The van der Waals surface area contributed by atoms with E-state index in [1.165, 1.54) is 14.2 Å². The van der Waals surface area contributed by atoms with Gasteiger partial charge in [0.2, 0.25) is 5.91 Å². The van der Waals surface area contributed by atoms with E-state index in [0.717, 1.165) is 5.56 Å². The molecule has 0 spiro atoms. The molecule has 3 rings (SSSR count). The summed E-state index contributed by atoms with van der Waals surface area (Å²) in [7, 11) is 9.36. The summed E-state index contributed by atoms with van der Waals surface area (Å²) in [5, 5.41) is 2.92. The van der Waals surface area contributed by atoms with Crippen LogP contribution in [0.2, 0.25) is 0 Å². The van der Waals surface area contributed by atoms with Crippen molar-refractivity contribution in [3.05, 3.63) is 47.0 Å². The number of nitrogens with zero attached hydrogens (tertiary/aromatic N) is 1. The molecule has 0 unspecified atom stereocenters. The number of methoxy groups -OCH3 is 5. The summed E-state index contributed by atoms with van der Waals surface area (Å²) in [6.07, 6.45) is 0. The monoisotopic (exact) mass is 458 g/mol. The standard InChI is InChI=1S/C24H30N2O7/c1-26-22(14-7-8-17(30-3)18(11-14)31-4)21(23(27)25-9-10-29-2)15-12-19(32-5)20(33-6)13-16(15)24(26)28/h7-8,11-13,21-22H,9-10H2,1-6H3,(H,25,27)/t21-,22+/m1/s1. The molecule has 0 aromatic heterocycles. The third-order valence-corrected chi connectivity index (χ3v) is 5.81. The van der Waals surface area contributed by atoms with Crippen LogP contribution in [0.5, 0.6) is 23.0 Å². The lowest BCUT2D eigenvalue weighted by atomic mass is 9.79. The first-order valence-corrected chi connectivity index (χ1v) is 10.4. The van der Waals surface area contributed by atoms with Crippen LogP contribution in [0.15, 0.2) is 30.3 Å². The highest BCUT2D eigenvalue weighted by Crippen LogP contribution is 2.46. The predicted octanol–water partition coefficient (Wildman–Crippen LogP) is 2.39. The molecule has 1 aliphatic heterocycles. The SMILES string of the molecule is COCCNC(=O)[C@@H]1c2cc(OC)c(OC)cc2C(=O)N(C)[C@H]1c1ccc(OC)c(OC)c1. The van der Waals surface area contributed by atoms with Gasteiger partial charge in [0.1, 0.15) is 0 Å². The summed E-state index contributed by atoms with van der Waals surface area (Å²) in [5.74, 6) is 0.741. The maximum atomic E-state index is 13.5. The van der Waals surface area contributed by atoms with E-state index in [1.54, 1.807) is 57.5 Å². The minimum atomic E-state index is -0.711. The van der Waals surface area contributed by atoms with Crippen LogP contribution in [-0.2, 0) is 9.53 Å². The van der Waals surface area contributed by atoms with Crippen molar-refractivity contribution in [3.8, 4) is 23.0 Å². The van der Waals surface area contributed by atoms with Gasteiger partial charge in [-0.05, 0) is 35.4 Å². The van der Waals surface area contributed by atoms with Crippen LogP contribution >= 0.6 is 0 Å². The number of fused-ring (bicyclic) bond motifs is 1. The van der Waals surface area contributed by atoms with Gasteiger partial charge in [0.05, 0.1) is 47.0 Å². The minimum Gasteiger partial charge on any atom is -0.493 e. The van der Waals surface area contributed by atoms with Gasteiger partial charge >= 0.3 is 0 Å². The van der Waals surface area contributed by atoms with Crippen LogP contribution < -0.4 is 24.3 Å². The number of hydrogen-bond acceptors (Lipinski definition) is 7. The van der Waals surface area contributed by atoms with Gasteiger partial charge in [-0.1, -0.05) is 6.07 Å². The second kappa shape index (κ2) is 10.4. The van der Waals surface area contributed by atoms with E-state index in [0.29, 0.717) is 47.3 Å². The van der Waals surface area contributed by atoms with Gasteiger partial charge in [-0.25, -0.2) is 0 Å². The topological polar surface area (TPSA) is 95.6 Å². The molecule has 1 aliphatic rings. The molecule has 1 heterocycles. The fraction of sp³-hybridized carbons (Fsp3) is 0.417. The van der Waals surface area contributed by atoms with E-state index in [9.17, 15) is 9.59 Å². The lowest BCUT2D eigenvalue weighted by Crippen LogP contribution is -2.46. The second-order valence-electron chi connectivity index (χ2n) is 7.53. The fourth-order valence-corrected chi connectivity index (χ4v) is 4.17. The van der Waals surface area contributed by atoms with Gasteiger partial charge in [0.25, 0.3) is 5.91 Å². The molecular formula is C24H30N2O7. The molecule has 0 saturated heterocycles. The van der Waals surface area contributed by atoms with Gasteiger partial charge < -0.3 is 33.9 Å². The van der Waals surface area contributed by atoms with Crippen LogP contribution in [-0.4, -0.2) is 72.5 Å². The quantitative estimate of drug-likeness (QED) is 0.577. The number of rotatable bonds is 9. The van der Waals surface area contributed by atoms with Crippen LogP contribution in [0, 0.1) is 0 Å². The Morgan fingerprint density at radius 3 is 2.12 bits per heavy atom. The van der Waals surface area contributed by atoms with E-state index < -0.39 is 12.0 Å². The normalized spacial score (nSPS) is 17.3. The van der Waals surface area contributed by atoms with Crippen molar-refractivity contribution < 1.29 is 33.3 Å². The molecule has 2 aromatic rings. The van der Waals surface area contributed by atoms with Crippen LogP contribution in [0.3, 0.4) is 0 Å². The fourth-order valence-electron chi connectivity index (χ4n) is 4.17. The average molecular weight is 459 g/mol. The first-order chi connectivity index (χ1) is 15.9. The Kier molecular flexibility index (Phi) is 7.65. The van der Waals surface area contributed by atoms with Gasteiger partial charge in [-0.2, -0.15) is 0 Å². The second-order valence-corrected chi connectivity index (χ2v) is 7.53. The number of hydrogen-bond donors (Lipinski definition) is 1. The number of amides is 2. The third-order valence-electron chi connectivity index (χ3n) is 5.81. The molecule has 0 radical (unpaired) electrons. The molecule has 0 aliphatic carbocycles. The van der Waals surface area contributed by atoms with Crippen LogP contribution in [0.1, 0.15) is 33.4 Å². The van der Waals surface area contributed by atoms with Crippen molar-refractivity contribution in [1.82, 2.24) is 10.2 Å². The van der Waals surface area contributed by atoms with Gasteiger partial charge in [-0.15, -0.1) is 0 Å². The highest BCUT2D eigenvalue weighted by molar-refractivity contribution is 6.02. The predicted molar refractivity (Wildman–Crippen MR) is 122 cm³/mol. The zero-order chi connectivity index (χ0) is 24.1. The zero-order valence-corrected chi connectivity index (χ0v) is 19.8. The lowest BCUT2D eigenvalue weighted by molar-refractivity contribution is -0.124. The molecule has 9 nitrogen and oxygen atoms in total. The molecular weight excluding hydrogens is 428 g/mol. The Morgan fingerprint density at radius 1 is 0.909 bits per heavy atom. The van der Waals surface area contributed by atoms with Crippen molar-refractivity contribution in [2.75, 3.05) is 55.7 Å². The summed E-state index contributed by atoms with van der Waals surface area (Å²) < 4.78 is 26.7. The largest absolute Gasteiger partial charge is 0.493 e. The average Bonchev–Trinajstić information content (AvgIpc) is 2.84. The Morgan fingerprint density at radius 2 is 1.52 bits per heavy atom. The van der Waals surface area contributed by atoms with Gasteiger partial charge in [0.15, 0.2) is 23.0 Å². The van der Waals surface area contributed by atoms with Gasteiger partial charge in [-0.3, -0.25) is 9.59 Å². The van der Waals surface area contributed by atoms with E-state index in [-0.39, 0.29) is 11.8 Å². The van der Waals surface area contributed by atoms with Crippen molar-refractivity contribution in [3.63, 3.8) is 0 Å². The minimum absolute atomic E-state index is 0.230. The number of carbonyl (C=O) groups is 2. The highest BCUT2D eigenvalue weighted by Gasteiger charge is 2.43. The molecule has 0 fully saturated rings. The first kappa shape index (κ1) is 24.2. The van der Waals surface area contributed by atoms with E-state index in [1.807, 2.05) is 6.07 Å². The third kappa shape index (κ3) is 4.54. The van der Waals surface area contributed by atoms with Crippen molar-refractivity contribution in [2.24, 2.45) is 0 Å². The molecule has 2 amide bonds. The summed E-state index contributed by atoms with van der Waals surface area (Å²) in [5.41, 5.74) is 1.68.